The molecule has 0 heterocycles. The topological polar surface area (TPSA) is 9.23 Å². The molecule has 0 bridgehead atoms. The van der Waals surface area contributed by atoms with Gasteiger partial charge in [-0.1, -0.05) is 36.4 Å². The predicted octanol–water partition coefficient (Wildman–Crippen LogP) is 8.47. The minimum atomic E-state index is -3.21. The minimum absolute atomic E-state index is 0.101. The molecule has 0 atom stereocenters. The molecule has 0 unspecified atom stereocenters. The molecular formula is C45H41GaOS. The van der Waals surface area contributed by atoms with Crippen LogP contribution < -0.4 is 21.2 Å². The molecule has 1 nitrogen and oxygen atoms in total. The van der Waals surface area contributed by atoms with Crippen molar-refractivity contribution in [2.24, 2.45) is 0 Å². The summed E-state index contributed by atoms with van der Waals surface area (Å²) in [6.45, 7) is 4.24. The summed E-state index contributed by atoms with van der Waals surface area (Å²) in [5.41, 5.74) is 2.37. The van der Waals surface area contributed by atoms with Crippen LogP contribution in [0.25, 0.3) is 0 Å². The van der Waals surface area contributed by atoms with Gasteiger partial charge in [-0.3, -0.25) is 0 Å². The van der Waals surface area contributed by atoms with Crippen molar-refractivity contribution in [3.63, 3.8) is 0 Å². The third-order valence-corrected chi connectivity index (χ3v) is 22.8. The summed E-state index contributed by atoms with van der Waals surface area (Å²) in [7, 11) is 1.64. The van der Waals surface area contributed by atoms with Crippen molar-refractivity contribution >= 4 is 42.4 Å². The van der Waals surface area contributed by atoms with Crippen molar-refractivity contribution in [1.82, 2.24) is 0 Å². The number of hydrogen-bond acceptors (Lipinski definition) is 1. The Morgan fingerprint density at radius 3 is 0.917 bits per heavy atom. The van der Waals surface area contributed by atoms with Gasteiger partial charge in [0.2, 0.25) is 0 Å². The number of hydrogen-bond donors (Lipinski definition) is 0. The van der Waals surface area contributed by atoms with E-state index in [9.17, 15) is 0 Å². The molecule has 0 amide bonds. The average Bonchev–Trinajstić information content (AvgIpc) is 3.15. The van der Waals surface area contributed by atoms with Crippen LogP contribution in [0.15, 0.2) is 209 Å². The quantitative estimate of drug-likeness (QED) is 0.114. The second-order valence-electron chi connectivity index (χ2n) is 12.0. The predicted molar refractivity (Wildman–Crippen MR) is 208 cm³/mol. The van der Waals surface area contributed by atoms with Crippen LogP contribution in [-0.2, 0) is 10.9 Å². The van der Waals surface area contributed by atoms with Crippen molar-refractivity contribution in [3.05, 3.63) is 205 Å². The first-order chi connectivity index (χ1) is 23.6. The maximum atomic E-state index is 5.52. The molecule has 7 rings (SSSR count). The first-order valence-corrected chi connectivity index (χ1v) is 22.6. The van der Waals surface area contributed by atoms with Crippen LogP contribution in [-0.4, -0.2) is 22.1 Å². The third kappa shape index (κ3) is 7.09. The molecule has 0 aliphatic carbocycles. The molecule has 3 heteroatoms. The Morgan fingerprint density at radius 1 is 0.375 bits per heavy atom. The van der Waals surface area contributed by atoms with Gasteiger partial charge in [0.05, 0.1) is 18.0 Å². The number of methoxy groups -OCH3 is 1. The van der Waals surface area contributed by atoms with Gasteiger partial charge in [-0.25, -0.2) is 0 Å². The zero-order chi connectivity index (χ0) is 33.2. The van der Waals surface area contributed by atoms with Gasteiger partial charge >= 0.3 is 153 Å². The molecule has 0 aromatic heterocycles. The molecular weight excluding hydrogens is 658 g/mol. The average molecular weight is 700 g/mol. The molecule has 0 N–H and O–H groups in total. The van der Waals surface area contributed by atoms with Crippen LogP contribution >= 0.6 is 0 Å². The van der Waals surface area contributed by atoms with E-state index in [0.717, 1.165) is 5.75 Å². The first-order valence-electron chi connectivity index (χ1n) is 16.5. The van der Waals surface area contributed by atoms with E-state index in [1.54, 1.807) is 7.11 Å². The summed E-state index contributed by atoms with van der Waals surface area (Å²) < 4.78 is 11.4. The van der Waals surface area contributed by atoms with Gasteiger partial charge in [-0.05, 0) is 49.2 Å². The number of benzene rings is 7. The summed E-state index contributed by atoms with van der Waals surface area (Å²) in [5, 5.41) is 0. The molecule has 0 saturated heterocycles. The molecule has 7 aromatic carbocycles. The molecule has 0 fully saturated rings. The van der Waals surface area contributed by atoms with Gasteiger partial charge in [0, 0.05) is 12.1 Å². The van der Waals surface area contributed by atoms with Crippen molar-refractivity contribution in [2.45, 2.75) is 28.5 Å². The van der Waals surface area contributed by atoms with Crippen molar-refractivity contribution in [1.29, 1.82) is 0 Å². The van der Waals surface area contributed by atoms with E-state index < -0.39 is 15.0 Å². The Bertz CT molecular complexity index is 1770. The van der Waals surface area contributed by atoms with E-state index in [-0.39, 0.29) is 10.9 Å². The Hall–Kier alpha value is -4.67. The van der Waals surface area contributed by atoms with Crippen molar-refractivity contribution in [2.75, 3.05) is 7.11 Å². The SMILES string of the molecule is COc1c(C)cc([S+](c2ccccc2)c2ccccc2)cc1C.c1cc[c]([Ga-]([c]2ccccc2)([c]2ccccc2)[c]2ccccc2)cc1. The summed E-state index contributed by atoms with van der Waals surface area (Å²) in [5.74, 6) is 0.985. The molecule has 0 spiro atoms. The third-order valence-electron chi connectivity index (χ3n) is 9.03. The fourth-order valence-electron chi connectivity index (χ4n) is 6.99. The van der Waals surface area contributed by atoms with Gasteiger partial charge in [-0.15, -0.1) is 0 Å². The second kappa shape index (κ2) is 15.9. The van der Waals surface area contributed by atoms with Crippen LogP contribution in [0.1, 0.15) is 11.1 Å². The molecule has 0 aliphatic rings. The molecule has 0 aliphatic heterocycles. The monoisotopic (exact) mass is 698 g/mol. The Balaban J connectivity index is 0.000000168. The number of rotatable bonds is 8. The van der Waals surface area contributed by atoms with Crippen molar-refractivity contribution < 1.29 is 4.74 Å². The first kappa shape index (κ1) is 33.2. The summed E-state index contributed by atoms with van der Waals surface area (Å²) in [4.78, 5) is 4.00. The Labute approximate surface area is 292 Å². The standard InChI is InChI=1S/C21H21OS.4C6H5.Ga/c1-16-14-20(15-17(2)21(16)22-3)23(18-10-6-4-7-11-18)19-12-8-5-9-13-19;4*1-2-4-6-5-3-1;/h4-15H,1-3H3;4*1-5H;/q+1;;;;;-1. The van der Waals surface area contributed by atoms with Crippen LogP contribution in [0.4, 0.5) is 0 Å². The second-order valence-corrected chi connectivity index (χ2v) is 23.3. The van der Waals surface area contributed by atoms with Crippen LogP contribution in [0.3, 0.4) is 0 Å². The van der Waals surface area contributed by atoms with Gasteiger partial charge in [0.15, 0.2) is 14.7 Å². The zero-order valence-electron chi connectivity index (χ0n) is 27.9. The molecule has 0 saturated carbocycles. The van der Waals surface area contributed by atoms with E-state index in [0.29, 0.717) is 0 Å². The van der Waals surface area contributed by atoms with Crippen LogP contribution in [0, 0.1) is 13.8 Å². The fraction of sp³-hybridized carbons (Fsp3) is 0.0667. The molecule has 48 heavy (non-hydrogen) atoms. The van der Waals surface area contributed by atoms with Crippen LogP contribution in [0.5, 0.6) is 5.75 Å². The molecule has 236 valence electrons. The molecule has 7 aromatic rings. The normalized spacial score (nSPS) is 11.0. The molecule has 0 radical (unpaired) electrons. The van der Waals surface area contributed by atoms with Gasteiger partial charge in [0.1, 0.15) is 5.75 Å². The van der Waals surface area contributed by atoms with E-state index >= 15 is 0 Å². The van der Waals surface area contributed by atoms with E-state index in [2.05, 4.69) is 208 Å². The van der Waals surface area contributed by atoms with Crippen LogP contribution in [0.2, 0.25) is 0 Å². The summed E-state index contributed by atoms with van der Waals surface area (Å²) in [6.07, 6.45) is 0. The summed E-state index contributed by atoms with van der Waals surface area (Å²) in [6, 6.07) is 70.4. The Morgan fingerprint density at radius 2 is 0.646 bits per heavy atom. The van der Waals surface area contributed by atoms with E-state index in [1.807, 2.05) is 0 Å². The Kier molecular flexibility index (Phi) is 11.0. The van der Waals surface area contributed by atoms with Gasteiger partial charge in [0.25, 0.3) is 0 Å². The zero-order valence-corrected chi connectivity index (χ0v) is 31.1. The van der Waals surface area contributed by atoms with E-state index in [4.69, 9.17) is 4.74 Å². The van der Waals surface area contributed by atoms with Gasteiger partial charge < -0.3 is 4.74 Å². The number of ether oxygens (including phenoxy) is 1. The summed E-state index contributed by atoms with van der Waals surface area (Å²) >= 11 is -3.21. The van der Waals surface area contributed by atoms with Crippen molar-refractivity contribution in [3.8, 4) is 5.75 Å². The van der Waals surface area contributed by atoms with E-state index in [1.165, 1.54) is 42.3 Å². The van der Waals surface area contributed by atoms with Gasteiger partial charge in [-0.2, -0.15) is 0 Å². The fourth-order valence-corrected chi connectivity index (χ4v) is 20.8. The maximum absolute atomic E-state index is 5.52. The number of aryl methyl sites for hydroxylation is 2.